The van der Waals surface area contributed by atoms with Crippen LogP contribution >= 0.6 is 11.3 Å². The Labute approximate surface area is 118 Å². The smallest absolute Gasteiger partial charge is 0.309 e. The monoisotopic (exact) mass is 303 g/mol. The number of halogens is 4. The summed E-state index contributed by atoms with van der Waals surface area (Å²) in [6, 6.07) is 4.62. The largest absolute Gasteiger partial charge is 0.419 e. The number of rotatable bonds is 3. The van der Waals surface area contributed by atoms with E-state index >= 15 is 0 Å². The molecule has 1 nitrogen and oxygen atoms in total. The zero-order valence-electron chi connectivity index (χ0n) is 10.9. The fourth-order valence-corrected chi connectivity index (χ4v) is 2.81. The van der Waals surface area contributed by atoms with Gasteiger partial charge in [-0.25, -0.2) is 4.39 Å². The van der Waals surface area contributed by atoms with Gasteiger partial charge in [0.05, 0.1) is 11.6 Å². The molecule has 1 heterocycles. The molecule has 0 fully saturated rings. The van der Waals surface area contributed by atoms with E-state index in [1.807, 2.05) is 18.4 Å². The van der Waals surface area contributed by atoms with Crippen molar-refractivity contribution >= 4 is 11.3 Å². The zero-order valence-corrected chi connectivity index (χ0v) is 11.7. The number of hydrogen-bond donors (Lipinski definition) is 1. The molecule has 0 bridgehead atoms. The standard InChI is InChI=1S/C14H13F4NS/c1-8-5-10(7-20-8)13(19-2)9-3-4-12(15)11(6-9)14(16,17)18/h3-7,13,19H,1-2H3. The van der Waals surface area contributed by atoms with Crippen LogP contribution in [0.3, 0.4) is 0 Å². The van der Waals surface area contributed by atoms with Gasteiger partial charge < -0.3 is 5.32 Å². The van der Waals surface area contributed by atoms with Crippen molar-refractivity contribution in [2.75, 3.05) is 7.05 Å². The fourth-order valence-electron chi connectivity index (χ4n) is 2.08. The first-order chi connectivity index (χ1) is 9.32. The first-order valence-electron chi connectivity index (χ1n) is 5.92. The van der Waals surface area contributed by atoms with E-state index < -0.39 is 17.6 Å². The summed E-state index contributed by atoms with van der Waals surface area (Å²) in [4.78, 5) is 1.07. The third-order valence-electron chi connectivity index (χ3n) is 3.00. The van der Waals surface area contributed by atoms with Crippen LogP contribution in [0.5, 0.6) is 0 Å². The molecule has 0 saturated heterocycles. The molecule has 2 aromatic rings. The second kappa shape index (κ2) is 5.54. The molecule has 6 heteroatoms. The van der Waals surface area contributed by atoms with Crippen molar-refractivity contribution in [3.05, 3.63) is 57.0 Å². The predicted octanol–water partition coefficient (Wildman–Crippen LogP) is 4.52. The molecule has 1 unspecified atom stereocenters. The van der Waals surface area contributed by atoms with Gasteiger partial charge in [0, 0.05) is 4.88 Å². The molecular weight excluding hydrogens is 290 g/mol. The van der Waals surface area contributed by atoms with Crippen LogP contribution in [0.1, 0.15) is 27.6 Å². The Morgan fingerprint density at radius 1 is 1.15 bits per heavy atom. The molecule has 0 radical (unpaired) electrons. The average Bonchev–Trinajstić information content (AvgIpc) is 2.77. The molecule has 1 aromatic heterocycles. The van der Waals surface area contributed by atoms with Crippen LogP contribution in [0, 0.1) is 12.7 Å². The highest BCUT2D eigenvalue weighted by molar-refractivity contribution is 7.10. The van der Waals surface area contributed by atoms with Crippen LogP contribution in [0.4, 0.5) is 17.6 Å². The van der Waals surface area contributed by atoms with Crippen LogP contribution in [0.15, 0.2) is 29.6 Å². The van der Waals surface area contributed by atoms with Crippen molar-refractivity contribution in [2.45, 2.75) is 19.1 Å². The minimum atomic E-state index is -4.69. The van der Waals surface area contributed by atoms with Gasteiger partial charge in [0.15, 0.2) is 0 Å². The molecule has 2 rings (SSSR count). The summed E-state index contributed by atoms with van der Waals surface area (Å²) in [5.74, 6) is -1.25. The maximum absolute atomic E-state index is 13.3. The molecule has 0 spiro atoms. The minimum Gasteiger partial charge on any atom is -0.309 e. The van der Waals surface area contributed by atoms with Crippen LogP contribution < -0.4 is 5.32 Å². The summed E-state index contributed by atoms with van der Waals surface area (Å²) in [5, 5.41) is 4.85. The fraction of sp³-hybridized carbons (Fsp3) is 0.286. The summed E-state index contributed by atoms with van der Waals surface area (Å²) < 4.78 is 51.5. The molecule has 0 aliphatic carbocycles. The minimum absolute atomic E-state index is 0.387. The third kappa shape index (κ3) is 3.02. The lowest BCUT2D eigenvalue weighted by atomic mass is 9.98. The summed E-state index contributed by atoms with van der Waals surface area (Å²) >= 11 is 1.52. The topological polar surface area (TPSA) is 12.0 Å². The highest BCUT2D eigenvalue weighted by Crippen LogP contribution is 2.34. The molecule has 1 N–H and O–H groups in total. The van der Waals surface area contributed by atoms with Crippen molar-refractivity contribution in [3.63, 3.8) is 0 Å². The van der Waals surface area contributed by atoms with Gasteiger partial charge in [-0.3, -0.25) is 0 Å². The molecule has 108 valence electrons. The molecule has 1 atom stereocenters. The van der Waals surface area contributed by atoms with Gasteiger partial charge in [-0.1, -0.05) is 6.07 Å². The number of nitrogens with one attached hydrogen (secondary N) is 1. The number of alkyl halides is 3. The molecule has 20 heavy (non-hydrogen) atoms. The Morgan fingerprint density at radius 2 is 1.85 bits per heavy atom. The van der Waals surface area contributed by atoms with Crippen molar-refractivity contribution in [3.8, 4) is 0 Å². The van der Waals surface area contributed by atoms with Crippen molar-refractivity contribution in [2.24, 2.45) is 0 Å². The number of aryl methyl sites for hydroxylation is 1. The Morgan fingerprint density at radius 3 is 2.35 bits per heavy atom. The van der Waals surface area contributed by atoms with E-state index in [1.54, 1.807) is 7.05 Å². The lowest BCUT2D eigenvalue weighted by Crippen LogP contribution is -2.18. The summed E-state index contributed by atoms with van der Waals surface area (Å²) in [6.45, 7) is 1.92. The number of hydrogen-bond acceptors (Lipinski definition) is 2. The van der Waals surface area contributed by atoms with Crippen LogP contribution in [-0.4, -0.2) is 7.05 Å². The second-order valence-electron chi connectivity index (χ2n) is 4.45. The first kappa shape index (κ1) is 15.0. The van der Waals surface area contributed by atoms with E-state index in [2.05, 4.69) is 5.32 Å². The van der Waals surface area contributed by atoms with Gasteiger partial charge in [0.25, 0.3) is 0 Å². The number of thiophene rings is 1. The van der Waals surface area contributed by atoms with Gasteiger partial charge >= 0.3 is 6.18 Å². The number of benzene rings is 1. The van der Waals surface area contributed by atoms with E-state index in [1.165, 1.54) is 17.4 Å². The van der Waals surface area contributed by atoms with E-state index in [4.69, 9.17) is 0 Å². The van der Waals surface area contributed by atoms with E-state index in [0.717, 1.165) is 22.6 Å². The Hall–Kier alpha value is -1.40. The Kier molecular flexibility index (Phi) is 4.15. The van der Waals surface area contributed by atoms with Gasteiger partial charge in [-0.15, -0.1) is 11.3 Å². The molecule has 0 saturated carbocycles. The quantitative estimate of drug-likeness (QED) is 0.822. The van der Waals surface area contributed by atoms with Gasteiger partial charge in [0.1, 0.15) is 5.82 Å². The molecule has 0 aliphatic heterocycles. The summed E-state index contributed by atoms with van der Waals surface area (Å²) in [6.07, 6.45) is -4.69. The van der Waals surface area contributed by atoms with E-state index in [9.17, 15) is 17.6 Å². The molecule has 1 aromatic carbocycles. The van der Waals surface area contributed by atoms with Gasteiger partial charge in [-0.2, -0.15) is 13.2 Å². The highest BCUT2D eigenvalue weighted by atomic mass is 32.1. The lowest BCUT2D eigenvalue weighted by Gasteiger charge is -2.17. The van der Waals surface area contributed by atoms with Gasteiger partial charge in [0.2, 0.25) is 0 Å². The summed E-state index contributed by atoms with van der Waals surface area (Å²) in [5.41, 5.74) is 0.0240. The summed E-state index contributed by atoms with van der Waals surface area (Å²) in [7, 11) is 1.66. The van der Waals surface area contributed by atoms with Gasteiger partial charge in [-0.05, 0) is 48.7 Å². The molecule has 0 aliphatic rings. The molecule has 0 amide bonds. The average molecular weight is 303 g/mol. The maximum atomic E-state index is 13.3. The van der Waals surface area contributed by atoms with Crippen LogP contribution in [0.25, 0.3) is 0 Å². The van der Waals surface area contributed by atoms with Crippen molar-refractivity contribution in [1.82, 2.24) is 5.32 Å². The lowest BCUT2D eigenvalue weighted by molar-refractivity contribution is -0.140. The zero-order chi connectivity index (χ0) is 14.9. The Bertz CT molecular complexity index is 603. The second-order valence-corrected chi connectivity index (χ2v) is 5.56. The van der Waals surface area contributed by atoms with Crippen molar-refractivity contribution < 1.29 is 17.6 Å². The van der Waals surface area contributed by atoms with E-state index in [-0.39, 0.29) is 6.04 Å². The molecular formula is C14H13F4NS. The highest BCUT2D eigenvalue weighted by Gasteiger charge is 2.34. The third-order valence-corrected chi connectivity index (χ3v) is 3.88. The maximum Gasteiger partial charge on any atom is 0.419 e. The normalized spacial score (nSPS) is 13.5. The van der Waals surface area contributed by atoms with Crippen molar-refractivity contribution in [1.29, 1.82) is 0 Å². The SMILES string of the molecule is CNC(c1csc(C)c1)c1ccc(F)c(C(F)(F)F)c1. The Balaban J connectivity index is 2.46. The van der Waals surface area contributed by atoms with Crippen LogP contribution in [-0.2, 0) is 6.18 Å². The first-order valence-corrected chi connectivity index (χ1v) is 6.80. The van der Waals surface area contributed by atoms with E-state index in [0.29, 0.717) is 5.56 Å². The predicted molar refractivity (Wildman–Crippen MR) is 71.4 cm³/mol. The van der Waals surface area contributed by atoms with Crippen LogP contribution in [0.2, 0.25) is 0 Å².